The summed E-state index contributed by atoms with van der Waals surface area (Å²) in [5, 5.41) is 11.5. The Hall–Kier alpha value is -2.33. The summed E-state index contributed by atoms with van der Waals surface area (Å²) in [4.78, 5) is 38.7. The lowest BCUT2D eigenvalue weighted by Gasteiger charge is -2.34. The fourth-order valence-corrected chi connectivity index (χ4v) is 3.39. The van der Waals surface area contributed by atoms with Crippen molar-refractivity contribution in [3.05, 3.63) is 23.8 Å². The van der Waals surface area contributed by atoms with Gasteiger partial charge in [0.05, 0.1) is 28.9 Å². The van der Waals surface area contributed by atoms with Crippen LogP contribution < -0.4 is 10.2 Å². The van der Waals surface area contributed by atoms with Crippen molar-refractivity contribution < 1.29 is 32.7 Å². The zero-order chi connectivity index (χ0) is 19.9. The van der Waals surface area contributed by atoms with E-state index in [2.05, 4.69) is 5.32 Å². The fourth-order valence-electron chi connectivity index (χ4n) is 3.39. The summed E-state index contributed by atoms with van der Waals surface area (Å²) in [6.45, 7) is 1.92. The topological polar surface area (TPSA) is 90.0 Å². The molecular formula is C17H19ClF3N3O4. The molecule has 7 nitrogen and oxygen atoms in total. The lowest BCUT2D eigenvalue weighted by atomic mass is 10.1. The number of rotatable bonds is 3. The molecule has 2 heterocycles. The van der Waals surface area contributed by atoms with Gasteiger partial charge in [0.2, 0.25) is 11.8 Å². The van der Waals surface area contributed by atoms with Gasteiger partial charge in [0.25, 0.3) is 0 Å². The zero-order valence-electron chi connectivity index (χ0n) is 14.8. The van der Waals surface area contributed by atoms with Crippen LogP contribution in [-0.2, 0) is 20.6 Å². The van der Waals surface area contributed by atoms with Crippen LogP contribution in [0.1, 0.15) is 18.9 Å². The molecule has 11 heteroatoms. The van der Waals surface area contributed by atoms with Crippen LogP contribution in [0.4, 0.5) is 24.5 Å². The molecule has 0 aromatic heterocycles. The van der Waals surface area contributed by atoms with Crippen molar-refractivity contribution in [2.45, 2.75) is 25.6 Å². The van der Waals surface area contributed by atoms with Crippen LogP contribution in [0.3, 0.4) is 0 Å². The molecule has 0 bridgehead atoms. The van der Waals surface area contributed by atoms with Crippen LogP contribution in [0.5, 0.6) is 0 Å². The quantitative estimate of drug-likeness (QED) is 0.781. The predicted octanol–water partition coefficient (Wildman–Crippen LogP) is 2.21. The van der Waals surface area contributed by atoms with Crippen molar-refractivity contribution >= 4 is 41.6 Å². The van der Waals surface area contributed by atoms with Crippen LogP contribution in [0.25, 0.3) is 0 Å². The largest absolute Gasteiger partial charge is 0.481 e. The highest BCUT2D eigenvalue weighted by Crippen LogP contribution is 2.37. The number of fused-ring (bicyclic) bond motifs is 1. The molecule has 0 spiro atoms. The Morgan fingerprint density at radius 2 is 2.00 bits per heavy atom. The number of halogens is 4. The van der Waals surface area contributed by atoms with Gasteiger partial charge in [-0.15, -0.1) is 12.4 Å². The maximum atomic E-state index is 12.9. The van der Waals surface area contributed by atoms with Crippen molar-refractivity contribution in [2.75, 3.05) is 29.9 Å². The Morgan fingerprint density at radius 1 is 1.32 bits per heavy atom. The Bertz CT molecular complexity index is 802. The minimum atomic E-state index is -4.57. The molecular weight excluding hydrogens is 403 g/mol. The highest BCUT2D eigenvalue weighted by Gasteiger charge is 2.38. The summed E-state index contributed by atoms with van der Waals surface area (Å²) in [5.41, 5.74) is -0.812. The van der Waals surface area contributed by atoms with E-state index in [0.29, 0.717) is 13.0 Å². The number of nitrogens with one attached hydrogen (secondary N) is 1. The number of aliphatic carboxylic acids is 1. The number of hydrogen-bond acceptors (Lipinski definition) is 4. The first-order valence-electron chi connectivity index (χ1n) is 8.37. The highest BCUT2D eigenvalue weighted by atomic mass is 35.5. The van der Waals surface area contributed by atoms with E-state index in [1.807, 2.05) is 0 Å². The Labute approximate surface area is 164 Å². The van der Waals surface area contributed by atoms with Crippen LogP contribution >= 0.6 is 12.4 Å². The summed E-state index contributed by atoms with van der Waals surface area (Å²) in [6, 6.07) is 2.12. The van der Waals surface area contributed by atoms with Gasteiger partial charge in [-0.25, -0.2) is 0 Å². The van der Waals surface area contributed by atoms with Gasteiger partial charge >= 0.3 is 12.1 Å². The first kappa shape index (κ1) is 22.0. The lowest BCUT2D eigenvalue weighted by molar-refractivity contribution is -0.141. The van der Waals surface area contributed by atoms with E-state index in [-0.39, 0.29) is 36.9 Å². The first-order chi connectivity index (χ1) is 12.6. The zero-order valence-corrected chi connectivity index (χ0v) is 15.6. The fraction of sp³-hybridized carbons (Fsp3) is 0.471. The summed E-state index contributed by atoms with van der Waals surface area (Å²) in [6.07, 6.45) is -4.15. The third-order valence-electron chi connectivity index (χ3n) is 4.93. The molecule has 2 aliphatic heterocycles. The van der Waals surface area contributed by atoms with E-state index in [0.717, 1.165) is 23.1 Å². The van der Waals surface area contributed by atoms with Crippen molar-refractivity contribution in [3.8, 4) is 0 Å². The number of anilines is 2. The van der Waals surface area contributed by atoms with E-state index in [9.17, 15) is 27.6 Å². The molecule has 0 saturated carbocycles. The van der Waals surface area contributed by atoms with Gasteiger partial charge in [0, 0.05) is 6.54 Å². The van der Waals surface area contributed by atoms with Crippen molar-refractivity contribution in [3.63, 3.8) is 0 Å². The molecule has 1 saturated heterocycles. The summed E-state index contributed by atoms with van der Waals surface area (Å²) in [7, 11) is 0. The minimum Gasteiger partial charge on any atom is -0.481 e. The van der Waals surface area contributed by atoms with Gasteiger partial charge in [-0.05, 0) is 38.1 Å². The molecule has 2 aliphatic rings. The number of alkyl halides is 3. The first-order valence-corrected chi connectivity index (χ1v) is 8.37. The average molecular weight is 422 g/mol. The van der Waals surface area contributed by atoms with Crippen LogP contribution in [0, 0.1) is 5.92 Å². The SMILES string of the molecule is CC(C(=O)N1CC(=O)Nc2cc(C(F)(F)F)ccc21)N1CCC(C(=O)O)C1.Cl. The van der Waals surface area contributed by atoms with E-state index in [1.54, 1.807) is 11.8 Å². The monoisotopic (exact) mass is 421 g/mol. The molecule has 1 aromatic carbocycles. The molecule has 2 atom stereocenters. The number of carboxylic acid groups (broad SMARTS) is 1. The summed E-state index contributed by atoms with van der Waals surface area (Å²) < 4.78 is 38.7. The number of likely N-dealkylation sites (tertiary alicyclic amines) is 1. The third-order valence-corrected chi connectivity index (χ3v) is 4.93. The van der Waals surface area contributed by atoms with Crippen LogP contribution in [0.15, 0.2) is 18.2 Å². The maximum Gasteiger partial charge on any atom is 0.416 e. The number of carbonyl (C=O) groups excluding carboxylic acids is 2. The second-order valence-corrected chi connectivity index (χ2v) is 6.70. The standard InChI is InChI=1S/C17H18F3N3O4.ClH/c1-9(22-5-4-10(7-22)16(26)27)15(25)23-8-14(24)21-12-6-11(17(18,19)20)2-3-13(12)23;/h2-3,6,9-10H,4-5,7-8H2,1H3,(H,21,24)(H,26,27);1H. The predicted molar refractivity (Wildman–Crippen MR) is 96.5 cm³/mol. The minimum absolute atomic E-state index is 0. The number of benzene rings is 1. The second kappa shape index (κ2) is 7.96. The molecule has 0 radical (unpaired) electrons. The highest BCUT2D eigenvalue weighted by molar-refractivity contribution is 6.11. The number of carboxylic acids is 1. The Balaban J connectivity index is 0.00000280. The van der Waals surface area contributed by atoms with Gasteiger partial charge in [-0.3, -0.25) is 24.2 Å². The van der Waals surface area contributed by atoms with E-state index in [4.69, 9.17) is 5.11 Å². The third kappa shape index (κ3) is 4.22. The lowest BCUT2D eigenvalue weighted by Crippen LogP contribution is -2.50. The molecule has 2 amide bonds. The van der Waals surface area contributed by atoms with Gasteiger partial charge in [-0.1, -0.05) is 0 Å². The van der Waals surface area contributed by atoms with Gasteiger partial charge in [0.15, 0.2) is 0 Å². The molecule has 2 unspecified atom stereocenters. The normalized spacial score (nSPS) is 20.8. The van der Waals surface area contributed by atoms with E-state index < -0.39 is 41.5 Å². The molecule has 28 heavy (non-hydrogen) atoms. The molecule has 3 rings (SSSR count). The molecule has 1 aromatic rings. The number of hydrogen-bond donors (Lipinski definition) is 2. The number of carbonyl (C=O) groups is 3. The summed E-state index contributed by atoms with van der Waals surface area (Å²) >= 11 is 0. The number of nitrogens with zero attached hydrogens (tertiary/aromatic N) is 2. The van der Waals surface area contributed by atoms with E-state index >= 15 is 0 Å². The maximum absolute atomic E-state index is 12.9. The van der Waals surface area contributed by atoms with Crippen molar-refractivity contribution in [1.29, 1.82) is 0 Å². The van der Waals surface area contributed by atoms with Gasteiger partial charge < -0.3 is 10.4 Å². The molecule has 0 aliphatic carbocycles. The van der Waals surface area contributed by atoms with Crippen LogP contribution in [0.2, 0.25) is 0 Å². The van der Waals surface area contributed by atoms with Crippen LogP contribution in [-0.4, -0.2) is 53.5 Å². The second-order valence-electron chi connectivity index (χ2n) is 6.70. The average Bonchev–Trinajstić information content (AvgIpc) is 3.08. The van der Waals surface area contributed by atoms with Crippen molar-refractivity contribution in [2.24, 2.45) is 5.92 Å². The Morgan fingerprint density at radius 3 is 2.57 bits per heavy atom. The van der Waals surface area contributed by atoms with E-state index in [1.165, 1.54) is 0 Å². The van der Waals surface area contributed by atoms with Gasteiger partial charge in [-0.2, -0.15) is 13.2 Å². The van der Waals surface area contributed by atoms with Gasteiger partial charge in [0.1, 0.15) is 6.54 Å². The smallest absolute Gasteiger partial charge is 0.416 e. The molecule has 154 valence electrons. The molecule has 2 N–H and O–H groups in total. The van der Waals surface area contributed by atoms with Crippen molar-refractivity contribution in [1.82, 2.24) is 4.90 Å². The number of amides is 2. The summed E-state index contributed by atoms with van der Waals surface area (Å²) in [5.74, 6) is -2.55. The Kier molecular flexibility index (Phi) is 6.24. The molecule has 1 fully saturated rings.